The van der Waals surface area contributed by atoms with Crippen molar-refractivity contribution in [3.63, 3.8) is 0 Å². The lowest BCUT2D eigenvalue weighted by Crippen LogP contribution is -2.43. The molecule has 0 amide bonds. The summed E-state index contributed by atoms with van der Waals surface area (Å²) in [6.07, 6.45) is 5.15. The first-order valence-corrected chi connectivity index (χ1v) is 42.0. The largest absolute Gasteiger partial charge is 0.493 e. The molecule has 4 atom stereocenters. The standard InChI is InChI=1S/C23H23ClN4O3.C16H20BrN3O3.2C13H15BClNO2.C12H24B2O4.C7H3BrClN/c1-26-18-10-16(9-17(24)12-18)15-3-4-20-19(11-15)23(27-22(25)28(2)31-23)13-21(30-20)14-5-7-29-8-6-14;1-20-15(18)19-16(23-20)9-14(10-4-6-21-7-5-10)22-13-3-2-11(17)8-12(13)16;2*1-12(2)13(3,4)18-14(17-12)9-6-10(15)8-11(7-9)16-5;1-9(2)10(3,4)16-13(15-9)14-17-11(5,6)12(7,8)18-14;1-10-7-3-5(8)2-6(9)4-7/h3-4,9-12,14,21H,5-8,13H2,2H3,(H2,25,27);2-3,8,10,14H,4-7,9H2,1H3,(H2,18,19);2*6-8H,1-4H3;1-8H3;2-4H. The number of hydrogen-bond acceptors (Lipinski definition) is 20. The Morgan fingerprint density at radius 2 is 0.729 bits per heavy atom. The predicted octanol–water partition coefficient (Wildman–Crippen LogP) is 19.1. The fourth-order valence-electron chi connectivity index (χ4n) is 14.3. The third-order valence-corrected chi connectivity index (χ3v) is 25.7. The second kappa shape index (κ2) is 36.0. The number of nitrogens with two attached hydrogens (primary N) is 2. The average Bonchev–Trinajstić information content (AvgIpc) is 1.71. The summed E-state index contributed by atoms with van der Waals surface area (Å²) in [6, 6.07) is 32.6. The molecule has 0 saturated carbocycles. The number of nitrogens with zero attached hydrogens (tertiary/aromatic N) is 8. The smallest absolute Gasteiger partial charge is 0.489 e. The van der Waals surface area contributed by atoms with Crippen molar-refractivity contribution in [1.29, 1.82) is 0 Å². The van der Waals surface area contributed by atoms with Gasteiger partial charge in [0.25, 0.3) is 0 Å². The summed E-state index contributed by atoms with van der Waals surface area (Å²) in [5.41, 5.74) is 14.5. The van der Waals surface area contributed by atoms with Crippen molar-refractivity contribution in [2.24, 2.45) is 33.3 Å². The fraction of sp³-hybridized carbons (Fsp3) is 0.500. The van der Waals surface area contributed by atoms with E-state index in [4.69, 9.17) is 155 Å². The molecule has 34 heteroatoms. The Labute approximate surface area is 732 Å². The van der Waals surface area contributed by atoms with Gasteiger partial charge in [-0.2, -0.15) is 0 Å². The third kappa shape index (κ3) is 20.6. The Kier molecular flexibility index (Phi) is 28.1. The number of fused-ring (bicyclic) bond motifs is 4. The molecule has 6 fully saturated rings. The molecule has 2 spiro atoms. The van der Waals surface area contributed by atoms with E-state index in [9.17, 15) is 0 Å². The van der Waals surface area contributed by atoms with Crippen LogP contribution in [0, 0.1) is 38.1 Å². The molecule has 0 aliphatic carbocycles. The van der Waals surface area contributed by atoms with Gasteiger partial charge in [-0.25, -0.2) is 49.2 Å². The number of halogens is 6. The van der Waals surface area contributed by atoms with E-state index in [1.807, 2.05) is 159 Å². The van der Waals surface area contributed by atoms with E-state index in [1.165, 1.54) is 10.1 Å². The topological polar surface area (TPSA) is 230 Å². The van der Waals surface area contributed by atoms with Crippen molar-refractivity contribution in [3.05, 3.63) is 195 Å². The molecule has 0 bridgehead atoms. The summed E-state index contributed by atoms with van der Waals surface area (Å²) < 4.78 is 73.1. The lowest BCUT2D eigenvalue weighted by atomic mass is 9.49. The lowest BCUT2D eigenvalue weighted by Gasteiger charge is -2.41. The van der Waals surface area contributed by atoms with Crippen LogP contribution in [0.3, 0.4) is 0 Å². The SMILES string of the molecule is CC1(C)OB(B2OC(C)(C)C(C)(C)O2)OC1(C)C.CN1OC2(CC(C3CCOCC3)Oc3ccc(Br)cc32)N=C1N.[C-]#[N+]c1cc(Cl)cc(-c2ccc3c(c2)C2(CC(C4CCOCC4)O3)N=C(N)N(C)O2)c1.[C-]#[N+]c1cc(Cl)cc(B2OC(C)(C)C(C)(C)O2)c1.[C-]#[N+]c1cc(Cl)cc(B2OC(C)(C)C(C)(C)O2)c1.[C-]#[N+]c1cc(Cl)cc(Br)c1. The maximum atomic E-state index is 7.33. The van der Waals surface area contributed by atoms with Gasteiger partial charge in [0.2, 0.25) is 23.4 Å². The number of aliphatic imine (C=N–C) groups is 2. The highest BCUT2D eigenvalue weighted by Gasteiger charge is 2.64. The van der Waals surface area contributed by atoms with Crippen LogP contribution in [0.1, 0.15) is 160 Å². The Balaban J connectivity index is 0.000000143. The molecule has 10 heterocycles. The zero-order valence-corrected chi connectivity index (χ0v) is 76.0. The summed E-state index contributed by atoms with van der Waals surface area (Å²) in [5, 5.41) is 5.20. The van der Waals surface area contributed by atoms with Crippen molar-refractivity contribution >= 4 is 152 Å². The van der Waals surface area contributed by atoms with Crippen LogP contribution in [0.15, 0.2) is 128 Å². The lowest BCUT2D eigenvalue weighted by molar-refractivity contribution is -0.196. The zero-order chi connectivity index (χ0) is 86.3. The second-order valence-electron chi connectivity index (χ2n) is 34.3. The first kappa shape index (κ1) is 92.0. The first-order valence-electron chi connectivity index (χ1n) is 39.0. The van der Waals surface area contributed by atoms with Gasteiger partial charge in [-0.15, -0.1) is 0 Å². The van der Waals surface area contributed by atoms with Crippen molar-refractivity contribution < 1.29 is 65.9 Å². The van der Waals surface area contributed by atoms with Gasteiger partial charge >= 0.3 is 28.3 Å². The summed E-state index contributed by atoms with van der Waals surface area (Å²) in [4.78, 5) is 35.2. The van der Waals surface area contributed by atoms with Crippen LogP contribution in [0.5, 0.6) is 11.5 Å². The van der Waals surface area contributed by atoms with Gasteiger partial charge in [-0.1, -0.05) is 96.5 Å². The molecule has 6 saturated heterocycles. The van der Waals surface area contributed by atoms with Crippen molar-refractivity contribution in [2.45, 2.75) is 218 Å². The van der Waals surface area contributed by atoms with Gasteiger partial charge < -0.3 is 67.6 Å². The third-order valence-electron chi connectivity index (χ3n) is 23.9. The van der Waals surface area contributed by atoms with E-state index >= 15 is 0 Å². The van der Waals surface area contributed by atoms with E-state index in [1.54, 1.807) is 74.8 Å². The Bertz CT molecular complexity index is 4740. The van der Waals surface area contributed by atoms with E-state index in [-0.39, 0.29) is 34.6 Å². The highest BCUT2D eigenvalue weighted by Crippen LogP contribution is 2.52. The molecule has 0 radical (unpaired) electrons. The molecule has 6 aromatic rings. The number of ether oxygens (including phenoxy) is 4. The van der Waals surface area contributed by atoms with Crippen LogP contribution in [-0.4, -0.2) is 148 Å². The highest BCUT2D eigenvalue weighted by atomic mass is 79.9. The van der Waals surface area contributed by atoms with Crippen LogP contribution < -0.4 is 31.9 Å². The minimum absolute atomic E-state index is 0.0369. The Morgan fingerprint density at radius 1 is 0.398 bits per heavy atom. The van der Waals surface area contributed by atoms with Crippen molar-refractivity contribution in [1.82, 2.24) is 10.1 Å². The Morgan fingerprint density at radius 3 is 1.08 bits per heavy atom. The minimum Gasteiger partial charge on any atom is -0.489 e. The van der Waals surface area contributed by atoms with Crippen LogP contribution in [-0.2, 0) is 67.8 Å². The van der Waals surface area contributed by atoms with Crippen molar-refractivity contribution in [2.75, 3.05) is 40.5 Å². The monoisotopic (exact) mass is 1810 g/mol. The van der Waals surface area contributed by atoms with Gasteiger partial charge in [0.05, 0.1) is 82.2 Å². The highest BCUT2D eigenvalue weighted by molar-refractivity contribution is 9.10. The average molecular weight is 1820 g/mol. The van der Waals surface area contributed by atoms with E-state index in [0.29, 0.717) is 79.4 Å². The van der Waals surface area contributed by atoms with Crippen molar-refractivity contribution in [3.8, 4) is 22.6 Å². The summed E-state index contributed by atoms with van der Waals surface area (Å²) >= 11 is 30.6. The minimum atomic E-state index is -0.938. The van der Waals surface area contributed by atoms with Gasteiger partial charge in [0, 0.05) is 94.2 Å². The molecule has 624 valence electrons. The number of benzene rings is 6. The number of rotatable bonds is 6. The number of guanidine groups is 2. The van der Waals surface area contributed by atoms with Crippen LogP contribution in [0.4, 0.5) is 22.7 Å². The van der Waals surface area contributed by atoms with Crippen LogP contribution >= 0.6 is 78.3 Å². The first-order chi connectivity index (χ1) is 55.1. The van der Waals surface area contributed by atoms with Gasteiger partial charge in [-0.3, -0.25) is 0 Å². The van der Waals surface area contributed by atoms with E-state index in [0.717, 1.165) is 106 Å². The molecule has 4 N–H and O–H groups in total. The molecule has 10 aliphatic rings. The van der Waals surface area contributed by atoms with Crippen LogP contribution in [0.25, 0.3) is 30.5 Å². The maximum absolute atomic E-state index is 7.33. The number of hydroxylamine groups is 4. The normalized spacial score (nSPS) is 24.7. The second-order valence-corrected chi connectivity index (χ2v) is 37.9. The van der Waals surface area contributed by atoms with Gasteiger partial charge in [0.15, 0.2) is 22.7 Å². The summed E-state index contributed by atoms with van der Waals surface area (Å²) in [6.45, 7) is 63.3. The summed E-state index contributed by atoms with van der Waals surface area (Å²) in [7, 11) is 1.63. The predicted molar refractivity (Wildman–Crippen MR) is 471 cm³/mol. The molecule has 16 rings (SSSR count). The molecule has 4 unspecified atom stereocenters. The summed E-state index contributed by atoms with van der Waals surface area (Å²) in [5.74, 6) is 3.11. The maximum Gasteiger partial charge on any atom is 0.493 e. The Hall–Kier alpha value is -6.68. The molecule has 118 heavy (non-hydrogen) atoms. The van der Waals surface area contributed by atoms with E-state index < -0.39 is 62.1 Å². The van der Waals surface area contributed by atoms with Gasteiger partial charge in [0.1, 0.15) is 23.7 Å². The van der Waals surface area contributed by atoms with Crippen LogP contribution in [0.2, 0.25) is 20.1 Å². The molecule has 6 aromatic carbocycles. The quantitative estimate of drug-likeness (QED) is 0.117. The molecule has 0 aromatic heterocycles. The molecule has 10 aliphatic heterocycles. The number of hydrogen-bond donors (Lipinski definition) is 2. The zero-order valence-electron chi connectivity index (χ0n) is 69.8. The van der Waals surface area contributed by atoms with E-state index in [2.05, 4.69) is 56.2 Å². The molecule has 24 nitrogen and oxygen atoms in total. The molecular formula is C84H100B4Br2Cl4N10O14. The van der Waals surface area contributed by atoms with Gasteiger partial charge in [-0.05, 0) is 250 Å². The molecular weight excluding hydrogens is 1720 g/mol. The fourth-order valence-corrected chi connectivity index (χ4v) is 16.3.